The van der Waals surface area contributed by atoms with Gasteiger partial charge in [0.2, 0.25) is 0 Å². The first-order valence-corrected chi connectivity index (χ1v) is 8.12. The van der Waals surface area contributed by atoms with E-state index < -0.39 is 0 Å². The Morgan fingerprint density at radius 2 is 1.81 bits per heavy atom. The van der Waals surface area contributed by atoms with Crippen LogP contribution in [-0.4, -0.2) is 35.0 Å². The fourth-order valence-corrected chi connectivity index (χ4v) is 3.39. The Morgan fingerprint density at radius 1 is 1.10 bits per heavy atom. The molecule has 1 aromatic rings. The second-order valence-corrected chi connectivity index (χ2v) is 6.55. The highest BCUT2D eigenvalue weighted by atomic mass is 16.7. The smallest absolute Gasteiger partial charge is 0.168 e. The van der Waals surface area contributed by atoms with Crippen LogP contribution in [0.25, 0.3) is 0 Å². The van der Waals surface area contributed by atoms with E-state index in [2.05, 4.69) is 23.3 Å². The van der Waals surface area contributed by atoms with Gasteiger partial charge in [-0.05, 0) is 32.6 Å². The van der Waals surface area contributed by atoms with Crippen molar-refractivity contribution in [2.75, 3.05) is 18.5 Å². The summed E-state index contributed by atoms with van der Waals surface area (Å²) in [5.41, 5.74) is 1.06. The summed E-state index contributed by atoms with van der Waals surface area (Å²) in [6.07, 6.45) is 6.57. The van der Waals surface area contributed by atoms with Gasteiger partial charge in [0.15, 0.2) is 5.79 Å². The van der Waals surface area contributed by atoms with Gasteiger partial charge >= 0.3 is 0 Å². The third-order valence-corrected chi connectivity index (χ3v) is 4.73. The van der Waals surface area contributed by atoms with Crippen LogP contribution in [0.2, 0.25) is 0 Å². The van der Waals surface area contributed by atoms with Gasteiger partial charge in [0.1, 0.15) is 11.6 Å². The van der Waals surface area contributed by atoms with Crippen molar-refractivity contribution in [3.63, 3.8) is 0 Å². The van der Waals surface area contributed by atoms with E-state index in [1.54, 1.807) is 0 Å². The molecule has 2 heterocycles. The molecule has 0 unspecified atom stereocenters. The summed E-state index contributed by atoms with van der Waals surface area (Å²) in [5, 5.41) is 3.59. The number of aromatic nitrogens is 2. The molecule has 1 spiro atoms. The lowest BCUT2D eigenvalue weighted by Gasteiger charge is -2.35. The van der Waals surface area contributed by atoms with E-state index in [1.807, 2.05) is 0 Å². The van der Waals surface area contributed by atoms with Crippen molar-refractivity contribution in [2.24, 2.45) is 0 Å². The van der Waals surface area contributed by atoms with Gasteiger partial charge in [0.25, 0.3) is 0 Å². The number of nitrogens with one attached hydrogen (secondary N) is 1. The number of rotatable bonds is 3. The van der Waals surface area contributed by atoms with Crippen LogP contribution in [0.1, 0.15) is 56.0 Å². The first kappa shape index (κ1) is 13.5. The molecule has 3 aliphatic rings. The first-order chi connectivity index (χ1) is 10.2. The molecule has 1 aromatic heterocycles. The van der Waals surface area contributed by atoms with Gasteiger partial charge in [0.05, 0.1) is 13.2 Å². The lowest BCUT2D eigenvalue weighted by molar-refractivity contribution is -0.177. The molecular weight excluding hydrogens is 266 g/mol. The van der Waals surface area contributed by atoms with Gasteiger partial charge in [-0.25, -0.2) is 9.97 Å². The average Bonchev–Trinajstić information content (AvgIpc) is 3.23. The van der Waals surface area contributed by atoms with Crippen molar-refractivity contribution in [3.8, 4) is 0 Å². The second kappa shape index (κ2) is 5.21. The van der Waals surface area contributed by atoms with Crippen LogP contribution < -0.4 is 5.32 Å². The molecule has 0 bridgehead atoms. The van der Waals surface area contributed by atoms with E-state index in [0.717, 1.165) is 56.2 Å². The molecule has 0 amide bonds. The zero-order valence-corrected chi connectivity index (χ0v) is 12.6. The van der Waals surface area contributed by atoms with Crippen LogP contribution in [0.15, 0.2) is 6.07 Å². The highest BCUT2D eigenvalue weighted by molar-refractivity contribution is 5.38. The topological polar surface area (TPSA) is 56.3 Å². The zero-order valence-electron chi connectivity index (χ0n) is 12.6. The normalized spacial score (nSPS) is 25.4. The Morgan fingerprint density at radius 3 is 2.48 bits per heavy atom. The minimum absolute atomic E-state index is 0.279. The lowest BCUT2D eigenvalue weighted by Crippen LogP contribution is -2.39. The largest absolute Gasteiger partial charge is 0.367 e. The van der Waals surface area contributed by atoms with E-state index in [-0.39, 0.29) is 5.79 Å². The Labute approximate surface area is 125 Å². The molecular formula is C16H23N3O2. The highest BCUT2D eigenvalue weighted by Gasteiger charge is 2.40. The third kappa shape index (κ3) is 2.90. The van der Waals surface area contributed by atoms with Crippen LogP contribution in [-0.2, 0) is 9.47 Å². The number of anilines is 1. The van der Waals surface area contributed by atoms with Crippen LogP contribution in [0.4, 0.5) is 5.82 Å². The molecule has 1 N–H and O–H groups in total. The van der Waals surface area contributed by atoms with Crippen molar-refractivity contribution >= 4 is 5.82 Å². The number of ether oxygens (including phenoxy) is 2. The number of hydrogen-bond acceptors (Lipinski definition) is 5. The predicted octanol–water partition coefficient (Wildman–Crippen LogP) is 2.76. The average molecular weight is 289 g/mol. The maximum atomic E-state index is 5.78. The Balaban J connectivity index is 1.40. The van der Waals surface area contributed by atoms with E-state index in [1.165, 1.54) is 12.8 Å². The molecule has 21 heavy (non-hydrogen) atoms. The van der Waals surface area contributed by atoms with Crippen molar-refractivity contribution in [1.29, 1.82) is 0 Å². The van der Waals surface area contributed by atoms with Crippen molar-refractivity contribution in [3.05, 3.63) is 17.6 Å². The molecule has 1 saturated heterocycles. The van der Waals surface area contributed by atoms with Crippen LogP contribution >= 0.6 is 0 Å². The zero-order chi connectivity index (χ0) is 14.3. The summed E-state index contributed by atoms with van der Waals surface area (Å²) in [6, 6.07) is 2.52. The Bertz CT molecular complexity index is 514. The van der Waals surface area contributed by atoms with Gasteiger partial charge in [-0.1, -0.05) is 0 Å². The number of nitrogens with zero attached hydrogens (tertiary/aromatic N) is 2. The highest BCUT2D eigenvalue weighted by Crippen LogP contribution is 2.39. The summed E-state index contributed by atoms with van der Waals surface area (Å²) in [5.74, 6) is 2.32. The Kier molecular flexibility index (Phi) is 3.34. The molecule has 1 aliphatic heterocycles. The minimum Gasteiger partial charge on any atom is -0.367 e. The molecule has 5 nitrogen and oxygen atoms in total. The SMILES string of the molecule is Cc1cc(NC2CCC3(CC2)OCCO3)nc(C2CC2)n1. The van der Waals surface area contributed by atoms with Crippen molar-refractivity contribution in [1.82, 2.24) is 9.97 Å². The quantitative estimate of drug-likeness (QED) is 0.927. The summed E-state index contributed by atoms with van der Waals surface area (Å²) in [6.45, 7) is 3.54. The summed E-state index contributed by atoms with van der Waals surface area (Å²) >= 11 is 0. The molecule has 2 saturated carbocycles. The van der Waals surface area contributed by atoms with E-state index in [0.29, 0.717) is 12.0 Å². The van der Waals surface area contributed by atoms with Gasteiger partial charge in [-0.2, -0.15) is 0 Å². The van der Waals surface area contributed by atoms with Gasteiger partial charge in [0, 0.05) is 36.6 Å². The fourth-order valence-electron chi connectivity index (χ4n) is 3.39. The fraction of sp³-hybridized carbons (Fsp3) is 0.750. The minimum atomic E-state index is -0.279. The summed E-state index contributed by atoms with van der Waals surface area (Å²) < 4.78 is 11.6. The maximum Gasteiger partial charge on any atom is 0.168 e. The predicted molar refractivity (Wildman–Crippen MR) is 79.3 cm³/mol. The summed E-state index contributed by atoms with van der Waals surface area (Å²) in [7, 11) is 0. The van der Waals surface area contributed by atoms with Crippen LogP contribution in [0, 0.1) is 6.92 Å². The first-order valence-electron chi connectivity index (χ1n) is 8.12. The number of hydrogen-bond donors (Lipinski definition) is 1. The van der Waals surface area contributed by atoms with Crippen LogP contribution in [0.3, 0.4) is 0 Å². The van der Waals surface area contributed by atoms with E-state index >= 15 is 0 Å². The lowest BCUT2D eigenvalue weighted by atomic mass is 9.90. The van der Waals surface area contributed by atoms with Crippen molar-refractivity contribution < 1.29 is 9.47 Å². The summed E-state index contributed by atoms with van der Waals surface area (Å²) in [4.78, 5) is 9.25. The van der Waals surface area contributed by atoms with Gasteiger partial charge in [-0.15, -0.1) is 0 Å². The molecule has 0 atom stereocenters. The standard InChI is InChI=1S/C16H23N3O2/c1-11-10-14(19-15(17-11)12-2-3-12)18-13-4-6-16(7-5-13)20-8-9-21-16/h10,12-13H,2-9H2,1H3,(H,17,18,19). The third-order valence-electron chi connectivity index (χ3n) is 4.73. The monoisotopic (exact) mass is 289 g/mol. The van der Waals surface area contributed by atoms with Crippen LogP contribution in [0.5, 0.6) is 0 Å². The molecule has 2 aliphatic carbocycles. The molecule has 114 valence electrons. The maximum absolute atomic E-state index is 5.78. The molecule has 5 heteroatoms. The second-order valence-electron chi connectivity index (χ2n) is 6.55. The van der Waals surface area contributed by atoms with E-state index in [9.17, 15) is 0 Å². The number of aryl methyl sites for hydroxylation is 1. The molecule has 4 rings (SSSR count). The van der Waals surface area contributed by atoms with Gasteiger partial charge < -0.3 is 14.8 Å². The molecule has 0 radical (unpaired) electrons. The van der Waals surface area contributed by atoms with E-state index in [4.69, 9.17) is 14.5 Å². The van der Waals surface area contributed by atoms with Gasteiger partial charge in [-0.3, -0.25) is 0 Å². The molecule has 0 aromatic carbocycles. The molecule has 3 fully saturated rings. The van der Waals surface area contributed by atoms with Crippen molar-refractivity contribution in [2.45, 2.75) is 63.2 Å². The Hall–Kier alpha value is -1.20.